The second kappa shape index (κ2) is 5.26. The minimum atomic E-state index is -0.182. The standard InChI is InChI=1S/C11H15N5OS/c1-7(2)9(10-12-5-14-16(10)3)15-11(17)8-4-18-6-13-8/h4-7,9H,1-3H3,(H,15,17)/t9-/m0/s1. The Bertz CT molecular complexity index is 519. The van der Waals surface area contributed by atoms with Gasteiger partial charge in [0, 0.05) is 12.4 Å². The van der Waals surface area contributed by atoms with Crippen LogP contribution in [0.3, 0.4) is 0 Å². The van der Waals surface area contributed by atoms with Crippen LogP contribution in [0, 0.1) is 5.92 Å². The third-order valence-electron chi connectivity index (χ3n) is 2.64. The number of carbonyl (C=O) groups excluding carboxylic acids is 1. The van der Waals surface area contributed by atoms with Gasteiger partial charge in [0.15, 0.2) is 0 Å². The molecular formula is C11H15N5OS. The van der Waals surface area contributed by atoms with Gasteiger partial charge in [-0.3, -0.25) is 9.48 Å². The van der Waals surface area contributed by atoms with E-state index >= 15 is 0 Å². The van der Waals surface area contributed by atoms with E-state index in [0.29, 0.717) is 5.69 Å². The normalized spacial score (nSPS) is 12.7. The fraction of sp³-hybridized carbons (Fsp3) is 0.455. The Kier molecular flexibility index (Phi) is 3.71. The summed E-state index contributed by atoms with van der Waals surface area (Å²) in [7, 11) is 1.81. The van der Waals surface area contributed by atoms with E-state index in [1.54, 1.807) is 15.6 Å². The number of nitrogens with zero attached hydrogens (tertiary/aromatic N) is 4. The Morgan fingerprint density at radius 2 is 2.22 bits per heavy atom. The molecule has 0 spiro atoms. The predicted molar refractivity (Wildman–Crippen MR) is 68.2 cm³/mol. The molecule has 2 heterocycles. The molecule has 0 fully saturated rings. The lowest BCUT2D eigenvalue weighted by Crippen LogP contribution is -2.33. The van der Waals surface area contributed by atoms with E-state index in [4.69, 9.17) is 0 Å². The van der Waals surface area contributed by atoms with Crippen molar-refractivity contribution < 1.29 is 4.79 Å². The van der Waals surface area contributed by atoms with Crippen LogP contribution in [0.15, 0.2) is 17.2 Å². The minimum Gasteiger partial charge on any atom is -0.340 e. The third kappa shape index (κ3) is 2.56. The smallest absolute Gasteiger partial charge is 0.271 e. The van der Waals surface area contributed by atoms with Crippen LogP contribution in [0.1, 0.15) is 36.2 Å². The van der Waals surface area contributed by atoms with Crippen LogP contribution in [0.5, 0.6) is 0 Å². The van der Waals surface area contributed by atoms with E-state index in [9.17, 15) is 4.79 Å². The maximum absolute atomic E-state index is 12.0. The van der Waals surface area contributed by atoms with Gasteiger partial charge in [0.1, 0.15) is 17.8 Å². The van der Waals surface area contributed by atoms with Gasteiger partial charge in [-0.05, 0) is 5.92 Å². The number of hydrogen-bond acceptors (Lipinski definition) is 5. The summed E-state index contributed by atoms with van der Waals surface area (Å²) in [4.78, 5) is 20.2. The quantitative estimate of drug-likeness (QED) is 0.907. The highest BCUT2D eigenvalue weighted by Gasteiger charge is 2.23. The zero-order valence-corrected chi connectivity index (χ0v) is 11.3. The van der Waals surface area contributed by atoms with Crippen LogP contribution in [0.2, 0.25) is 0 Å². The summed E-state index contributed by atoms with van der Waals surface area (Å²) >= 11 is 1.40. The zero-order chi connectivity index (χ0) is 13.1. The lowest BCUT2D eigenvalue weighted by molar-refractivity contribution is 0.0917. The van der Waals surface area contributed by atoms with Gasteiger partial charge in [-0.15, -0.1) is 11.3 Å². The first-order valence-corrected chi connectivity index (χ1v) is 6.57. The van der Waals surface area contributed by atoms with Crippen molar-refractivity contribution >= 4 is 17.2 Å². The topological polar surface area (TPSA) is 72.7 Å². The number of thiazole rings is 1. The number of nitrogens with one attached hydrogen (secondary N) is 1. The van der Waals surface area contributed by atoms with Crippen molar-refractivity contribution in [3.8, 4) is 0 Å². The molecular weight excluding hydrogens is 250 g/mol. The monoisotopic (exact) mass is 265 g/mol. The van der Waals surface area contributed by atoms with Gasteiger partial charge < -0.3 is 5.32 Å². The minimum absolute atomic E-state index is 0.174. The SMILES string of the molecule is CC(C)[C@H](NC(=O)c1cscn1)c1ncnn1C. The van der Waals surface area contributed by atoms with Crippen molar-refractivity contribution in [1.82, 2.24) is 25.1 Å². The first-order chi connectivity index (χ1) is 8.59. The molecule has 0 aliphatic carbocycles. The summed E-state index contributed by atoms with van der Waals surface area (Å²) < 4.78 is 1.67. The Hall–Kier alpha value is -1.76. The average molecular weight is 265 g/mol. The lowest BCUT2D eigenvalue weighted by Gasteiger charge is -2.20. The van der Waals surface area contributed by atoms with Gasteiger partial charge >= 0.3 is 0 Å². The Morgan fingerprint density at radius 3 is 2.72 bits per heavy atom. The second-order valence-corrected chi connectivity index (χ2v) is 5.03. The van der Waals surface area contributed by atoms with Crippen LogP contribution >= 0.6 is 11.3 Å². The molecule has 18 heavy (non-hydrogen) atoms. The molecule has 2 rings (SSSR count). The van der Waals surface area contributed by atoms with Crippen molar-refractivity contribution in [1.29, 1.82) is 0 Å². The van der Waals surface area contributed by atoms with Crippen LogP contribution in [-0.2, 0) is 7.05 Å². The van der Waals surface area contributed by atoms with Gasteiger partial charge in [0.25, 0.3) is 5.91 Å². The molecule has 6 nitrogen and oxygen atoms in total. The molecule has 2 aromatic rings. The molecule has 0 radical (unpaired) electrons. The van der Waals surface area contributed by atoms with E-state index in [-0.39, 0.29) is 17.9 Å². The highest BCUT2D eigenvalue weighted by atomic mass is 32.1. The largest absolute Gasteiger partial charge is 0.340 e. The summed E-state index contributed by atoms with van der Waals surface area (Å²) in [6, 6.07) is -0.174. The highest BCUT2D eigenvalue weighted by Crippen LogP contribution is 2.19. The summed E-state index contributed by atoms with van der Waals surface area (Å²) in [5.41, 5.74) is 2.08. The highest BCUT2D eigenvalue weighted by molar-refractivity contribution is 7.07. The van der Waals surface area contributed by atoms with Crippen molar-refractivity contribution in [3.63, 3.8) is 0 Å². The van der Waals surface area contributed by atoms with E-state index in [1.165, 1.54) is 17.7 Å². The van der Waals surface area contributed by atoms with E-state index in [2.05, 4.69) is 20.4 Å². The number of amides is 1. The van der Waals surface area contributed by atoms with Crippen LogP contribution in [0.4, 0.5) is 0 Å². The van der Waals surface area contributed by atoms with Gasteiger partial charge in [0.2, 0.25) is 0 Å². The number of aromatic nitrogens is 4. The van der Waals surface area contributed by atoms with Crippen LogP contribution in [0.25, 0.3) is 0 Å². The van der Waals surface area contributed by atoms with E-state index in [1.807, 2.05) is 20.9 Å². The zero-order valence-electron chi connectivity index (χ0n) is 10.5. The van der Waals surface area contributed by atoms with Gasteiger partial charge in [-0.25, -0.2) is 9.97 Å². The van der Waals surface area contributed by atoms with Crippen molar-refractivity contribution in [3.05, 3.63) is 28.7 Å². The average Bonchev–Trinajstić information content (AvgIpc) is 2.96. The predicted octanol–water partition coefficient (Wildman–Crippen LogP) is 1.40. The lowest BCUT2D eigenvalue weighted by atomic mass is 10.0. The fourth-order valence-corrected chi connectivity index (χ4v) is 2.19. The number of aryl methyl sites for hydroxylation is 1. The summed E-state index contributed by atoms with van der Waals surface area (Å²) in [6.45, 7) is 4.06. The van der Waals surface area contributed by atoms with Gasteiger partial charge in [-0.2, -0.15) is 5.10 Å². The number of rotatable bonds is 4. The molecule has 2 aromatic heterocycles. The van der Waals surface area contributed by atoms with Crippen molar-refractivity contribution in [2.45, 2.75) is 19.9 Å². The Labute approximate surface area is 109 Å². The molecule has 0 bridgehead atoms. The van der Waals surface area contributed by atoms with Crippen LogP contribution in [-0.4, -0.2) is 25.7 Å². The number of hydrogen-bond donors (Lipinski definition) is 1. The molecule has 1 N–H and O–H groups in total. The van der Waals surface area contributed by atoms with E-state index in [0.717, 1.165) is 5.82 Å². The summed E-state index contributed by atoms with van der Waals surface area (Å²) in [5, 5.41) is 8.70. The maximum Gasteiger partial charge on any atom is 0.271 e. The molecule has 0 aliphatic rings. The maximum atomic E-state index is 12.0. The molecule has 0 aromatic carbocycles. The van der Waals surface area contributed by atoms with E-state index < -0.39 is 0 Å². The molecule has 0 saturated heterocycles. The van der Waals surface area contributed by atoms with Crippen LogP contribution < -0.4 is 5.32 Å². The Morgan fingerprint density at radius 1 is 1.44 bits per heavy atom. The molecule has 0 unspecified atom stereocenters. The molecule has 0 aliphatic heterocycles. The van der Waals surface area contributed by atoms with Crippen molar-refractivity contribution in [2.75, 3.05) is 0 Å². The fourth-order valence-electron chi connectivity index (χ4n) is 1.66. The molecule has 0 saturated carbocycles. The van der Waals surface area contributed by atoms with Crippen molar-refractivity contribution in [2.24, 2.45) is 13.0 Å². The molecule has 1 amide bonds. The Balaban J connectivity index is 2.18. The summed E-state index contributed by atoms with van der Waals surface area (Å²) in [6.07, 6.45) is 1.49. The molecule has 96 valence electrons. The molecule has 7 heteroatoms. The third-order valence-corrected chi connectivity index (χ3v) is 3.23. The molecule has 1 atom stereocenters. The van der Waals surface area contributed by atoms with Gasteiger partial charge in [0.05, 0.1) is 11.6 Å². The number of carbonyl (C=O) groups is 1. The van der Waals surface area contributed by atoms with Gasteiger partial charge in [-0.1, -0.05) is 13.8 Å². The summed E-state index contributed by atoms with van der Waals surface area (Å²) in [5.74, 6) is 0.780. The second-order valence-electron chi connectivity index (χ2n) is 4.31. The first-order valence-electron chi connectivity index (χ1n) is 5.62. The first kappa shape index (κ1) is 12.7.